The first-order chi connectivity index (χ1) is 11.1. The highest BCUT2D eigenvalue weighted by atomic mass is 35.5. The first-order valence-corrected chi connectivity index (χ1v) is 7.38. The number of hydrogen-bond donors (Lipinski definition) is 1. The van der Waals surface area contributed by atoms with Crippen molar-refractivity contribution in [1.29, 1.82) is 0 Å². The van der Waals surface area contributed by atoms with Gasteiger partial charge in [0, 0.05) is 16.1 Å². The molecular formula is C18H13ClN2O2. The molecule has 4 nitrogen and oxygen atoms in total. The van der Waals surface area contributed by atoms with Crippen LogP contribution >= 0.6 is 11.6 Å². The SMILES string of the molecule is Cc1nc(-c2ccccc2)nc(-c2ccccc2Cl)c1C(=O)O. The van der Waals surface area contributed by atoms with Crippen molar-refractivity contribution in [2.75, 3.05) is 0 Å². The number of carbonyl (C=O) groups is 1. The molecule has 23 heavy (non-hydrogen) atoms. The van der Waals surface area contributed by atoms with Gasteiger partial charge in [-0.05, 0) is 13.0 Å². The van der Waals surface area contributed by atoms with Gasteiger partial charge < -0.3 is 5.11 Å². The first-order valence-electron chi connectivity index (χ1n) is 7.00. The highest BCUT2D eigenvalue weighted by molar-refractivity contribution is 6.33. The average Bonchev–Trinajstić information content (AvgIpc) is 2.55. The molecule has 1 N–H and O–H groups in total. The molecule has 0 aliphatic heterocycles. The van der Waals surface area contributed by atoms with Gasteiger partial charge in [-0.3, -0.25) is 0 Å². The van der Waals surface area contributed by atoms with Gasteiger partial charge in [-0.1, -0.05) is 60.1 Å². The van der Waals surface area contributed by atoms with Gasteiger partial charge in [0.1, 0.15) is 5.56 Å². The monoisotopic (exact) mass is 324 g/mol. The van der Waals surface area contributed by atoms with Gasteiger partial charge in [0.05, 0.1) is 11.4 Å². The summed E-state index contributed by atoms with van der Waals surface area (Å²) in [6, 6.07) is 16.5. The molecule has 0 amide bonds. The second-order valence-corrected chi connectivity index (χ2v) is 5.41. The van der Waals surface area contributed by atoms with E-state index in [1.165, 1.54) is 0 Å². The van der Waals surface area contributed by atoms with Gasteiger partial charge in [-0.15, -0.1) is 0 Å². The van der Waals surface area contributed by atoms with Crippen LogP contribution in [0.5, 0.6) is 0 Å². The molecule has 0 saturated carbocycles. The van der Waals surface area contributed by atoms with Crippen LogP contribution in [0.15, 0.2) is 54.6 Å². The third-order valence-corrected chi connectivity index (χ3v) is 3.79. The van der Waals surface area contributed by atoms with E-state index in [0.29, 0.717) is 27.8 Å². The fourth-order valence-electron chi connectivity index (χ4n) is 2.39. The van der Waals surface area contributed by atoms with Gasteiger partial charge in [-0.25, -0.2) is 14.8 Å². The highest BCUT2D eigenvalue weighted by Crippen LogP contribution is 2.31. The predicted molar refractivity (Wildman–Crippen MR) is 89.6 cm³/mol. The average molecular weight is 325 g/mol. The lowest BCUT2D eigenvalue weighted by Gasteiger charge is -2.12. The summed E-state index contributed by atoms with van der Waals surface area (Å²) in [5.74, 6) is -0.597. The molecule has 0 atom stereocenters. The maximum atomic E-state index is 11.7. The summed E-state index contributed by atoms with van der Waals surface area (Å²) < 4.78 is 0. The maximum Gasteiger partial charge on any atom is 0.339 e. The number of aromatic carboxylic acids is 1. The van der Waals surface area contributed by atoms with Crippen molar-refractivity contribution in [3.63, 3.8) is 0 Å². The van der Waals surface area contributed by atoms with E-state index in [1.54, 1.807) is 31.2 Å². The predicted octanol–water partition coefficient (Wildman–Crippen LogP) is 4.47. The zero-order valence-corrected chi connectivity index (χ0v) is 13.1. The van der Waals surface area contributed by atoms with Gasteiger partial charge >= 0.3 is 5.97 Å². The summed E-state index contributed by atoms with van der Waals surface area (Å²) in [4.78, 5) is 20.5. The number of carboxylic acids is 1. The minimum Gasteiger partial charge on any atom is -0.478 e. The van der Waals surface area contributed by atoms with Crippen LogP contribution in [0.1, 0.15) is 16.1 Å². The molecule has 5 heteroatoms. The topological polar surface area (TPSA) is 63.1 Å². The van der Waals surface area contributed by atoms with Crippen molar-refractivity contribution in [2.45, 2.75) is 6.92 Å². The molecule has 3 aromatic rings. The van der Waals surface area contributed by atoms with Crippen molar-refractivity contribution in [3.05, 3.63) is 70.9 Å². The minimum atomic E-state index is -1.07. The maximum absolute atomic E-state index is 11.7. The molecule has 1 heterocycles. The highest BCUT2D eigenvalue weighted by Gasteiger charge is 2.21. The minimum absolute atomic E-state index is 0.0674. The van der Waals surface area contributed by atoms with E-state index in [0.717, 1.165) is 5.56 Å². The molecule has 0 unspecified atom stereocenters. The number of aromatic nitrogens is 2. The van der Waals surface area contributed by atoms with Crippen molar-refractivity contribution in [2.24, 2.45) is 0 Å². The van der Waals surface area contributed by atoms with Crippen molar-refractivity contribution < 1.29 is 9.90 Å². The van der Waals surface area contributed by atoms with Gasteiger partial charge in [0.15, 0.2) is 5.82 Å². The Balaban J connectivity index is 2.30. The summed E-state index contributed by atoms with van der Waals surface area (Å²) in [6.45, 7) is 1.66. The lowest BCUT2D eigenvalue weighted by molar-refractivity contribution is 0.0696. The Hall–Kier alpha value is -2.72. The molecule has 2 aromatic carbocycles. The summed E-state index contributed by atoms with van der Waals surface area (Å²) >= 11 is 6.23. The molecule has 3 rings (SSSR count). The molecule has 0 aliphatic rings. The Labute approximate surface area is 138 Å². The summed E-state index contributed by atoms with van der Waals surface area (Å²) in [5.41, 5.74) is 2.20. The summed E-state index contributed by atoms with van der Waals surface area (Å²) in [6.07, 6.45) is 0. The number of halogens is 1. The largest absolute Gasteiger partial charge is 0.478 e. The van der Waals surface area contributed by atoms with Crippen LogP contribution < -0.4 is 0 Å². The zero-order chi connectivity index (χ0) is 16.4. The van der Waals surface area contributed by atoms with Crippen molar-refractivity contribution in [1.82, 2.24) is 9.97 Å². The van der Waals surface area contributed by atoms with E-state index in [1.807, 2.05) is 30.3 Å². The van der Waals surface area contributed by atoms with Crippen LogP contribution in [0.3, 0.4) is 0 Å². The Morgan fingerprint density at radius 1 is 1.00 bits per heavy atom. The van der Waals surface area contributed by atoms with Crippen LogP contribution in [0.2, 0.25) is 5.02 Å². The zero-order valence-electron chi connectivity index (χ0n) is 12.3. The molecule has 114 valence electrons. The number of hydrogen-bond acceptors (Lipinski definition) is 3. The Morgan fingerprint density at radius 2 is 1.65 bits per heavy atom. The first kappa shape index (κ1) is 15.2. The van der Waals surface area contributed by atoms with E-state index in [9.17, 15) is 9.90 Å². The van der Waals surface area contributed by atoms with Crippen LogP contribution in [0.4, 0.5) is 0 Å². The third-order valence-electron chi connectivity index (χ3n) is 3.46. The smallest absolute Gasteiger partial charge is 0.339 e. The fraction of sp³-hybridized carbons (Fsp3) is 0.0556. The second-order valence-electron chi connectivity index (χ2n) is 5.01. The molecule has 0 saturated heterocycles. The van der Waals surface area contributed by atoms with E-state index in [-0.39, 0.29) is 5.56 Å². The molecule has 0 bridgehead atoms. The Morgan fingerprint density at radius 3 is 2.30 bits per heavy atom. The van der Waals surface area contributed by atoms with E-state index < -0.39 is 5.97 Å². The second kappa shape index (κ2) is 6.18. The van der Waals surface area contributed by atoms with E-state index >= 15 is 0 Å². The Bertz CT molecular complexity index is 879. The molecule has 0 fully saturated rings. The van der Waals surface area contributed by atoms with Crippen LogP contribution in [-0.2, 0) is 0 Å². The van der Waals surface area contributed by atoms with Gasteiger partial charge in [0.25, 0.3) is 0 Å². The lowest BCUT2D eigenvalue weighted by Crippen LogP contribution is -2.08. The summed E-state index contributed by atoms with van der Waals surface area (Å²) in [7, 11) is 0. The third kappa shape index (κ3) is 2.94. The van der Waals surface area contributed by atoms with Crippen LogP contribution in [0.25, 0.3) is 22.6 Å². The van der Waals surface area contributed by atoms with E-state index in [4.69, 9.17) is 11.6 Å². The molecule has 0 radical (unpaired) electrons. The number of rotatable bonds is 3. The van der Waals surface area contributed by atoms with Gasteiger partial charge in [-0.2, -0.15) is 0 Å². The van der Waals surface area contributed by atoms with Crippen LogP contribution in [0, 0.1) is 6.92 Å². The van der Waals surface area contributed by atoms with Crippen molar-refractivity contribution >= 4 is 17.6 Å². The lowest BCUT2D eigenvalue weighted by atomic mass is 10.0. The van der Waals surface area contributed by atoms with E-state index in [2.05, 4.69) is 9.97 Å². The quantitative estimate of drug-likeness (QED) is 0.772. The standard InChI is InChI=1S/C18H13ClN2O2/c1-11-15(18(22)23)16(13-9-5-6-10-14(13)19)21-17(20-11)12-7-3-2-4-8-12/h2-10H,1H3,(H,22,23). The number of benzene rings is 2. The summed E-state index contributed by atoms with van der Waals surface area (Å²) in [5, 5.41) is 9.99. The molecule has 0 aliphatic carbocycles. The van der Waals surface area contributed by atoms with Crippen LogP contribution in [-0.4, -0.2) is 21.0 Å². The normalized spacial score (nSPS) is 10.5. The van der Waals surface area contributed by atoms with Gasteiger partial charge in [0.2, 0.25) is 0 Å². The fourth-order valence-corrected chi connectivity index (χ4v) is 2.62. The number of nitrogens with zero attached hydrogens (tertiary/aromatic N) is 2. The molecular weight excluding hydrogens is 312 g/mol. The molecule has 0 spiro atoms. The van der Waals surface area contributed by atoms with Crippen molar-refractivity contribution in [3.8, 4) is 22.6 Å². The molecule has 1 aromatic heterocycles. The Kier molecular flexibility index (Phi) is 4.08. The number of aryl methyl sites for hydroxylation is 1. The number of carboxylic acid groups (broad SMARTS) is 1.